The van der Waals surface area contributed by atoms with Gasteiger partial charge in [0.25, 0.3) is 10.1 Å². The standard InChI is InChI=1S/C13H19O.C4H6O7S.Na/c1-3-5-9-12(4-2)14-13-10-7-6-8-11-13;5-3(6)1-2(4(7)8)12(9,10)11;/h6-8,10-12H,2-5,9H2,1H3;2H,1H2,(H,5,6)(H,7,8)(H,9,10,11);. The molecule has 0 aliphatic carbocycles. The van der Waals surface area contributed by atoms with Crippen LogP contribution in [0.3, 0.4) is 0 Å². The molecule has 148 valence electrons. The molecule has 0 spiro atoms. The molecular formula is C17H25NaO8S. The Morgan fingerprint density at radius 1 is 1.15 bits per heavy atom. The van der Waals surface area contributed by atoms with E-state index in [1.165, 1.54) is 57.3 Å². The summed E-state index contributed by atoms with van der Waals surface area (Å²) in [4.78, 5) is 20.0. The van der Waals surface area contributed by atoms with E-state index in [0.717, 1.165) is 5.75 Å². The number of unbranched alkanes of at least 4 members (excludes halogenated alkanes) is 1. The molecule has 0 bridgehead atoms. The van der Waals surface area contributed by atoms with E-state index < -0.39 is 33.7 Å². The van der Waals surface area contributed by atoms with Gasteiger partial charge < -0.3 is 10.2 Å². The number of hydrogen-bond donors (Lipinski definition) is 3. The molecule has 0 saturated heterocycles. The Bertz CT molecular complexity index is 663. The van der Waals surface area contributed by atoms with Crippen molar-refractivity contribution in [2.45, 2.75) is 54.1 Å². The fraction of sp³-hybridized carbons (Fsp3) is 0.529. The average Bonchev–Trinajstić information content (AvgIpc) is 2.58. The van der Waals surface area contributed by atoms with E-state index in [4.69, 9.17) is 19.5 Å². The van der Waals surface area contributed by atoms with Crippen LogP contribution in [0.4, 0.5) is 0 Å². The second-order valence-electron chi connectivity index (χ2n) is 5.92. The normalized spacial score (nSPS) is 13.0. The van der Waals surface area contributed by atoms with Gasteiger partial charge in [0.2, 0.25) is 0 Å². The molecule has 0 heterocycles. The van der Waals surface area contributed by atoms with E-state index in [-0.39, 0.29) is 0 Å². The number of carboxylic acid groups (broad SMARTS) is 2. The molecule has 0 aliphatic rings. The topological polar surface area (TPSA) is 138 Å². The van der Waals surface area contributed by atoms with Crippen molar-refractivity contribution in [1.82, 2.24) is 0 Å². The minimum atomic E-state index is -4.84. The summed E-state index contributed by atoms with van der Waals surface area (Å²) >= 11 is 1.28. The molecule has 2 atom stereocenters. The van der Waals surface area contributed by atoms with Crippen molar-refractivity contribution in [3.63, 3.8) is 0 Å². The minimum absolute atomic E-state index is 0.435. The Morgan fingerprint density at radius 3 is 2.11 bits per heavy atom. The molecule has 1 rings (SSSR count). The van der Waals surface area contributed by atoms with Gasteiger partial charge in [-0.15, -0.1) is 0 Å². The molecule has 0 amide bonds. The van der Waals surface area contributed by atoms with E-state index in [1.54, 1.807) is 0 Å². The van der Waals surface area contributed by atoms with Crippen LogP contribution in [-0.2, 0) is 19.7 Å². The number of carbonyl (C=O) groups is 2. The first-order valence-corrected chi connectivity index (χ1v) is 11.7. The molecule has 0 radical (unpaired) electrons. The van der Waals surface area contributed by atoms with Gasteiger partial charge in [-0.2, -0.15) is 8.42 Å². The summed E-state index contributed by atoms with van der Waals surface area (Å²) in [5.74, 6) is -2.48. The zero-order chi connectivity index (χ0) is 20.9. The van der Waals surface area contributed by atoms with Crippen molar-refractivity contribution in [2.75, 3.05) is 0 Å². The molecule has 1 aromatic carbocycles. The zero-order valence-corrected chi connectivity index (χ0v) is 18.4. The van der Waals surface area contributed by atoms with Crippen molar-refractivity contribution in [2.24, 2.45) is 0 Å². The summed E-state index contributed by atoms with van der Waals surface area (Å²) in [6.45, 7) is 2.24. The van der Waals surface area contributed by atoms with Crippen LogP contribution < -0.4 is 4.74 Å². The van der Waals surface area contributed by atoms with Gasteiger partial charge >= 0.3 is 123 Å². The number of para-hydroxylation sites is 1. The van der Waals surface area contributed by atoms with Gasteiger partial charge in [0.15, 0.2) is 5.25 Å². The van der Waals surface area contributed by atoms with Gasteiger partial charge in [-0.05, 0) is 0 Å². The van der Waals surface area contributed by atoms with Gasteiger partial charge in [0, 0.05) is 0 Å². The Labute approximate surface area is 177 Å². The van der Waals surface area contributed by atoms with Crippen LogP contribution in [0.25, 0.3) is 0 Å². The second-order valence-corrected chi connectivity index (χ2v) is 8.52. The van der Waals surface area contributed by atoms with E-state index in [9.17, 15) is 18.0 Å². The fourth-order valence-corrected chi connectivity index (χ4v) is 3.44. The summed E-state index contributed by atoms with van der Waals surface area (Å²) < 4.78 is 36.0. The number of rotatable bonds is 11. The van der Waals surface area contributed by atoms with Gasteiger partial charge in [-0.1, -0.05) is 0 Å². The van der Waals surface area contributed by atoms with Crippen LogP contribution in [0, 0.1) is 0 Å². The largest absolute Gasteiger partial charge is 0.481 e. The maximum Gasteiger partial charge on any atom is 0.325 e. The van der Waals surface area contributed by atoms with Crippen LogP contribution >= 0.6 is 0 Å². The maximum absolute atomic E-state index is 10.2. The van der Waals surface area contributed by atoms with E-state index in [0.29, 0.717) is 6.10 Å². The smallest absolute Gasteiger partial charge is 0.325 e. The second kappa shape index (κ2) is 14.0. The molecule has 8 nitrogen and oxygen atoms in total. The molecular weight excluding hydrogens is 387 g/mol. The van der Waals surface area contributed by atoms with Crippen molar-refractivity contribution in [3.8, 4) is 5.75 Å². The summed E-state index contributed by atoms with van der Waals surface area (Å²) in [6, 6.07) is 10.2. The summed E-state index contributed by atoms with van der Waals surface area (Å²) in [7, 11) is -4.84. The van der Waals surface area contributed by atoms with Gasteiger partial charge in [0.05, 0.1) is 6.42 Å². The number of hydrogen-bond acceptors (Lipinski definition) is 5. The van der Waals surface area contributed by atoms with E-state index >= 15 is 0 Å². The monoisotopic (exact) mass is 412 g/mol. The summed E-state index contributed by atoms with van der Waals surface area (Å²) in [5.41, 5.74) is 0. The van der Waals surface area contributed by atoms with Crippen molar-refractivity contribution < 1.29 is 37.5 Å². The first-order chi connectivity index (χ1) is 12.6. The van der Waals surface area contributed by atoms with Crippen LogP contribution in [-0.4, -0.2) is 74.4 Å². The molecule has 2 unspecified atom stereocenters. The maximum atomic E-state index is 10.2. The third-order valence-corrected chi connectivity index (χ3v) is 5.20. The average molecular weight is 412 g/mol. The Hall–Kier alpha value is -1.13. The molecule has 0 saturated carbocycles. The molecule has 0 aliphatic heterocycles. The Balaban J connectivity index is 0.000000516. The molecule has 0 aromatic heterocycles. The quantitative estimate of drug-likeness (QED) is 0.372. The molecule has 1 aromatic rings. The van der Waals surface area contributed by atoms with Crippen LogP contribution in [0.5, 0.6) is 5.75 Å². The number of ether oxygens (including phenoxy) is 1. The number of benzene rings is 1. The predicted octanol–water partition coefficient (Wildman–Crippen LogP) is 2.40. The van der Waals surface area contributed by atoms with Crippen molar-refractivity contribution >= 4 is 50.0 Å². The first-order valence-electron chi connectivity index (χ1n) is 8.74. The van der Waals surface area contributed by atoms with Gasteiger partial charge in [0.1, 0.15) is 0 Å². The summed E-state index contributed by atoms with van der Waals surface area (Å²) in [6.07, 6.45) is 4.24. The van der Waals surface area contributed by atoms with E-state index in [2.05, 4.69) is 6.92 Å². The third kappa shape index (κ3) is 12.8. The van der Waals surface area contributed by atoms with Gasteiger partial charge in [-0.25, -0.2) is 0 Å². The Morgan fingerprint density at radius 2 is 1.74 bits per heavy atom. The molecule has 27 heavy (non-hydrogen) atoms. The predicted molar refractivity (Wildman–Crippen MR) is 101 cm³/mol. The van der Waals surface area contributed by atoms with Gasteiger partial charge in [-0.3, -0.25) is 14.1 Å². The Kier molecular flexibility index (Phi) is 13.4. The fourth-order valence-electron chi connectivity index (χ4n) is 2.19. The minimum Gasteiger partial charge on any atom is -0.481 e. The SMILES string of the molecule is CCCCC(C[CH2][Na])Oc1ccccc1.O=C(O)CC(C(=O)O)S(=O)(=O)O. The first kappa shape index (κ1) is 25.9. The van der Waals surface area contributed by atoms with Crippen molar-refractivity contribution in [1.29, 1.82) is 0 Å². The number of carboxylic acids is 2. The third-order valence-electron chi connectivity index (χ3n) is 3.53. The zero-order valence-electron chi connectivity index (χ0n) is 15.6. The number of aliphatic carboxylic acids is 2. The van der Waals surface area contributed by atoms with Crippen LogP contribution in [0.2, 0.25) is 3.67 Å². The van der Waals surface area contributed by atoms with E-state index in [1.807, 2.05) is 30.3 Å². The molecule has 3 N–H and O–H groups in total. The van der Waals surface area contributed by atoms with Crippen LogP contribution in [0.1, 0.15) is 39.0 Å². The van der Waals surface area contributed by atoms with Crippen molar-refractivity contribution in [3.05, 3.63) is 30.3 Å². The van der Waals surface area contributed by atoms with Crippen LogP contribution in [0.15, 0.2) is 30.3 Å². The summed E-state index contributed by atoms with van der Waals surface area (Å²) in [5, 5.41) is 13.9. The molecule has 10 heteroatoms. The molecule has 0 fully saturated rings.